The molecule has 0 aliphatic heterocycles. The Morgan fingerprint density at radius 3 is 2.86 bits per heavy atom. The van der Waals surface area contributed by atoms with E-state index in [4.69, 9.17) is 0 Å². The Balaban J connectivity index is 2.69. The molecule has 4 nitrogen and oxygen atoms in total. The van der Waals surface area contributed by atoms with Gasteiger partial charge in [0.25, 0.3) is 0 Å². The number of amides is 1. The number of aromatic hydroxyl groups is 1. The largest absolute Gasteiger partial charge is 0.508 e. The lowest BCUT2D eigenvalue weighted by Gasteiger charge is -2.16. The molecule has 21 heavy (non-hydrogen) atoms. The monoisotopic (exact) mass is 290 g/mol. The third-order valence-electron chi connectivity index (χ3n) is 3.25. The number of benzene rings is 1. The van der Waals surface area contributed by atoms with Crippen LogP contribution in [0.1, 0.15) is 51.6 Å². The van der Waals surface area contributed by atoms with E-state index in [0.717, 1.165) is 30.6 Å². The second kappa shape index (κ2) is 9.19. The number of rotatable bonds is 8. The second-order valence-electron chi connectivity index (χ2n) is 5.11. The Bertz CT molecular complexity index is 484. The van der Waals surface area contributed by atoms with Gasteiger partial charge in [0, 0.05) is 23.7 Å². The predicted molar refractivity (Wildman–Crippen MR) is 87.5 cm³/mol. The molecule has 1 aromatic carbocycles. The summed E-state index contributed by atoms with van der Waals surface area (Å²) in [5, 5.41) is 16.2. The molecule has 0 saturated carbocycles. The third kappa shape index (κ3) is 6.00. The van der Waals surface area contributed by atoms with Crippen LogP contribution in [-0.2, 0) is 4.79 Å². The van der Waals surface area contributed by atoms with Crippen LogP contribution >= 0.6 is 0 Å². The number of phenolic OH excluding ortho intramolecular Hbond substituents is 1. The lowest BCUT2D eigenvalue weighted by molar-refractivity contribution is -0.116. The van der Waals surface area contributed by atoms with E-state index in [1.54, 1.807) is 12.1 Å². The molecule has 0 spiro atoms. The van der Waals surface area contributed by atoms with Crippen LogP contribution in [0.5, 0.6) is 5.75 Å². The van der Waals surface area contributed by atoms with Crippen molar-refractivity contribution in [2.45, 2.75) is 46.1 Å². The van der Waals surface area contributed by atoms with Gasteiger partial charge in [-0.2, -0.15) is 0 Å². The van der Waals surface area contributed by atoms with Gasteiger partial charge < -0.3 is 15.7 Å². The first-order valence-electron chi connectivity index (χ1n) is 7.55. The van der Waals surface area contributed by atoms with Crippen LogP contribution in [0.4, 0.5) is 5.69 Å². The van der Waals surface area contributed by atoms with Crippen LogP contribution in [-0.4, -0.2) is 17.6 Å². The molecular weight excluding hydrogens is 264 g/mol. The van der Waals surface area contributed by atoms with Gasteiger partial charge in [-0.3, -0.25) is 4.79 Å². The highest BCUT2D eigenvalue weighted by Gasteiger charge is 2.11. The zero-order valence-electron chi connectivity index (χ0n) is 13.1. The summed E-state index contributed by atoms with van der Waals surface area (Å²) in [6, 6.07) is 5.20. The van der Waals surface area contributed by atoms with Gasteiger partial charge in [-0.25, -0.2) is 0 Å². The summed E-state index contributed by atoms with van der Waals surface area (Å²) < 4.78 is 0. The third-order valence-corrected chi connectivity index (χ3v) is 3.25. The molecule has 1 amide bonds. The molecule has 0 aromatic heterocycles. The molecule has 1 unspecified atom stereocenters. The normalized spacial score (nSPS) is 12.5. The van der Waals surface area contributed by atoms with Crippen molar-refractivity contribution in [3.63, 3.8) is 0 Å². The maximum atomic E-state index is 11.6. The molecule has 0 radical (unpaired) electrons. The zero-order valence-corrected chi connectivity index (χ0v) is 13.1. The topological polar surface area (TPSA) is 61.4 Å². The quantitative estimate of drug-likeness (QED) is 0.388. The summed E-state index contributed by atoms with van der Waals surface area (Å²) in [5.41, 5.74) is 1.52. The van der Waals surface area contributed by atoms with Crippen LogP contribution in [0, 0.1) is 0 Å². The number of hydrogen-bond acceptors (Lipinski definition) is 3. The first-order valence-corrected chi connectivity index (χ1v) is 7.55. The Kier molecular flexibility index (Phi) is 7.54. The van der Waals surface area contributed by atoms with E-state index < -0.39 is 0 Å². The maximum absolute atomic E-state index is 11.6. The number of hydrogen-bond donors (Lipinski definition) is 3. The molecule has 4 heteroatoms. The highest BCUT2D eigenvalue weighted by molar-refractivity contribution is 5.90. The Hall–Kier alpha value is -1.81. The van der Waals surface area contributed by atoms with Gasteiger partial charge in [0.05, 0.1) is 0 Å². The van der Waals surface area contributed by atoms with Crippen molar-refractivity contribution in [1.82, 2.24) is 5.32 Å². The van der Waals surface area contributed by atoms with Gasteiger partial charge in [0.15, 0.2) is 0 Å². The van der Waals surface area contributed by atoms with Crippen molar-refractivity contribution >= 4 is 11.6 Å². The molecule has 1 rings (SSSR count). The van der Waals surface area contributed by atoms with E-state index in [9.17, 15) is 9.90 Å². The smallest absolute Gasteiger partial charge is 0.224 e. The fourth-order valence-corrected chi connectivity index (χ4v) is 2.09. The van der Waals surface area contributed by atoms with E-state index in [0.29, 0.717) is 6.42 Å². The molecule has 0 saturated heterocycles. The molecule has 1 atom stereocenters. The minimum Gasteiger partial charge on any atom is -0.508 e. The minimum absolute atomic E-state index is 0.00263. The van der Waals surface area contributed by atoms with Crippen LogP contribution in [0.25, 0.3) is 0 Å². The number of allylic oxidation sites excluding steroid dienone is 1. The van der Waals surface area contributed by atoms with E-state index >= 15 is 0 Å². The van der Waals surface area contributed by atoms with Crippen LogP contribution in [0.3, 0.4) is 0 Å². The first-order chi connectivity index (χ1) is 10.1. The summed E-state index contributed by atoms with van der Waals surface area (Å²) in [6.45, 7) is 6.82. The highest BCUT2D eigenvalue weighted by Crippen LogP contribution is 2.27. The van der Waals surface area contributed by atoms with Crippen molar-refractivity contribution in [1.29, 1.82) is 0 Å². The molecule has 1 aromatic rings. The number of anilines is 1. The van der Waals surface area contributed by atoms with E-state index in [1.807, 2.05) is 32.9 Å². The standard InChI is InChI=1S/C17H26N2O2/c1-4-6-7-11-18-13(3)15-12-14(9-10-16(15)20)19-17(21)8-5-2/h4,6,9-10,12-13,18,20H,5,7-8,11H2,1-3H3,(H,19,21)/b6-4+. The predicted octanol–water partition coefficient (Wildman–Crippen LogP) is 3.75. The van der Waals surface area contributed by atoms with E-state index in [1.165, 1.54) is 0 Å². The summed E-state index contributed by atoms with van der Waals surface area (Å²) in [5.74, 6) is 0.248. The number of phenols is 1. The maximum Gasteiger partial charge on any atom is 0.224 e. The van der Waals surface area contributed by atoms with Gasteiger partial charge in [0.2, 0.25) is 5.91 Å². The van der Waals surface area contributed by atoms with Crippen molar-refractivity contribution in [3.05, 3.63) is 35.9 Å². The summed E-state index contributed by atoms with van der Waals surface area (Å²) in [6.07, 6.45) is 6.40. The van der Waals surface area contributed by atoms with E-state index in [-0.39, 0.29) is 17.7 Å². The minimum atomic E-state index is 0.00263. The molecule has 0 aliphatic rings. The van der Waals surface area contributed by atoms with Gasteiger partial charge in [-0.15, -0.1) is 0 Å². The van der Waals surface area contributed by atoms with Gasteiger partial charge >= 0.3 is 0 Å². The van der Waals surface area contributed by atoms with E-state index in [2.05, 4.69) is 16.7 Å². The zero-order chi connectivity index (χ0) is 15.7. The first kappa shape index (κ1) is 17.2. The SMILES string of the molecule is C/C=C/CCNC(C)c1cc(NC(=O)CCC)ccc1O. The van der Waals surface area contributed by atoms with Crippen LogP contribution in [0.2, 0.25) is 0 Å². The van der Waals surface area contributed by atoms with Crippen LogP contribution in [0.15, 0.2) is 30.4 Å². The fraction of sp³-hybridized carbons (Fsp3) is 0.471. The molecular formula is C17H26N2O2. The number of nitrogens with one attached hydrogen (secondary N) is 2. The second-order valence-corrected chi connectivity index (χ2v) is 5.11. The Morgan fingerprint density at radius 1 is 1.43 bits per heavy atom. The Labute approximate surface area is 127 Å². The summed E-state index contributed by atoms with van der Waals surface area (Å²) in [7, 11) is 0. The fourth-order valence-electron chi connectivity index (χ4n) is 2.09. The van der Waals surface area contributed by atoms with Crippen LogP contribution < -0.4 is 10.6 Å². The van der Waals surface area contributed by atoms with Crippen molar-refractivity contribution < 1.29 is 9.90 Å². The molecule has 0 heterocycles. The van der Waals surface area contributed by atoms with Gasteiger partial charge in [-0.1, -0.05) is 19.1 Å². The number of carbonyl (C=O) groups excluding carboxylic acids is 1. The molecule has 0 aliphatic carbocycles. The Morgan fingerprint density at radius 2 is 2.19 bits per heavy atom. The number of carbonyl (C=O) groups is 1. The average Bonchev–Trinajstić information content (AvgIpc) is 2.45. The van der Waals surface area contributed by atoms with Gasteiger partial charge in [-0.05, 0) is 51.4 Å². The summed E-state index contributed by atoms with van der Waals surface area (Å²) >= 11 is 0. The van der Waals surface area contributed by atoms with Crippen molar-refractivity contribution in [2.24, 2.45) is 0 Å². The molecule has 116 valence electrons. The van der Waals surface area contributed by atoms with Gasteiger partial charge in [0.1, 0.15) is 5.75 Å². The highest BCUT2D eigenvalue weighted by atomic mass is 16.3. The molecule has 0 bridgehead atoms. The van der Waals surface area contributed by atoms with Crippen molar-refractivity contribution in [2.75, 3.05) is 11.9 Å². The molecule has 3 N–H and O–H groups in total. The lowest BCUT2D eigenvalue weighted by atomic mass is 10.1. The summed E-state index contributed by atoms with van der Waals surface area (Å²) in [4.78, 5) is 11.6. The average molecular weight is 290 g/mol. The lowest BCUT2D eigenvalue weighted by Crippen LogP contribution is -2.20. The van der Waals surface area contributed by atoms with Crippen molar-refractivity contribution in [3.8, 4) is 5.75 Å². The molecule has 0 fully saturated rings.